The Bertz CT molecular complexity index is 76.9. The summed E-state index contributed by atoms with van der Waals surface area (Å²) in [5.74, 6) is 0.894. The first kappa shape index (κ1) is 6.47. The normalized spacial score (nSPS) is 22.9. The predicted octanol–water partition coefficient (Wildman–Crippen LogP) is 2.49. The van der Waals surface area contributed by atoms with Crippen LogP contribution < -0.4 is 0 Å². The minimum atomic E-state index is 0.290. The lowest BCUT2D eigenvalue weighted by Crippen LogP contribution is -2.30. The first-order chi connectivity index (χ1) is 3.61. The van der Waals surface area contributed by atoms with Gasteiger partial charge in [0, 0.05) is 4.75 Å². The fourth-order valence-corrected chi connectivity index (χ4v) is 1.37. The van der Waals surface area contributed by atoms with Gasteiger partial charge >= 0.3 is 0 Å². The molecule has 0 saturated heterocycles. The molecule has 8 heavy (non-hydrogen) atoms. The smallest absolute Gasteiger partial charge is 0.0101 e. The van der Waals surface area contributed by atoms with E-state index in [4.69, 9.17) is 0 Å². The molecule has 0 amide bonds. The van der Waals surface area contributed by atoms with Crippen molar-refractivity contribution in [2.75, 3.05) is 0 Å². The molecule has 1 rings (SSSR count). The second-order valence-electron chi connectivity index (χ2n) is 3.28. The summed E-state index contributed by atoms with van der Waals surface area (Å²) in [5, 5.41) is 0. The number of thiol groups is 1. The van der Waals surface area contributed by atoms with E-state index in [1.54, 1.807) is 0 Å². The summed E-state index contributed by atoms with van der Waals surface area (Å²) in [4.78, 5) is 0. The van der Waals surface area contributed by atoms with Gasteiger partial charge in [-0.25, -0.2) is 0 Å². The number of rotatable bonds is 1. The van der Waals surface area contributed by atoms with Gasteiger partial charge in [-0.3, -0.25) is 0 Å². The number of hydrogen-bond donors (Lipinski definition) is 1. The Morgan fingerprint density at radius 2 is 1.88 bits per heavy atom. The maximum atomic E-state index is 4.48. The van der Waals surface area contributed by atoms with E-state index in [1.165, 1.54) is 19.3 Å². The zero-order chi connectivity index (χ0) is 6.20. The predicted molar refractivity (Wildman–Crippen MR) is 40.4 cm³/mol. The van der Waals surface area contributed by atoms with Crippen molar-refractivity contribution in [2.45, 2.75) is 37.9 Å². The van der Waals surface area contributed by atoms with Crippen LogP contribution in [0.1, 0.15) is 33.1 Å². The van der Waals surface area contributed by atoms with Crippen LogP contribution >= 0.6 is 12.6 Å². The van der Waals surface area contributed by atoms with Crippen molar-refractivity contribution in [3.63, 3.8) is 0 Å². The fraction of sp³-hybridized carbons (Fsp3) is 1.00. The average molecular weight is 130 g/mol. The van der Waals surface area contributed by atoms with Crippen LogP contribution in [0.25, 0.3) is 0 Å². The third-order valence-electron chi connectivity index (χ3n) is 2.10. The van der Waals surface area contributed by atoms with E-state index in [0.717, 1.165) is 5.92 Å². The lowest BCUT2D eigenvalue weighted by atomic mass is 9.77. The molecule has 0 aromatic heterocycles. The highest BCUT2D eigenvalue weighted by Crippen LogP contribution is 2.39. The van der Waals surface area contributed by atoms with Gasteiger partial charge in [-0.2, -0.15) is 12.6 Å². The standard InChI is InChI=1S/C7H14S/c1-7(2,8)6-4-3-5-6/h6,8H,3-5H2,1-2H3. The molecule has 0 radical (unpaired) electrons. The van der Waals surface area contributed by atoms with E-state index in [2.05, 4.69) is 26.5 Å². The van der Waals surface area contributed by atoms with Crippen LogP contribution in [0, 0.1) is 5.92 Å². The van der Waals surface area contributed by atoms with Crippen molar-refractivity contribution in [2.24, 2.45) is 5.92 Å². The molecule has 1 aliphatic rings. The molecule has 0 spiro atoms. The van der Waals surface area contributed by atoms with E-state index in [-0.39, 0.29) is 4.75 Å². The molecule has 0 nitrogen and oxygen atoms in total. The Morgan fingerprint density at radius 3 is 1.88 bits per heavy atom. The molecule has 1 aliphatic carbocycles. The lowest BCUT2D eigenvalue weighted by molar-refractivity contribution is 0.261. The van der Waals surface area contributed by atoms with Gasteiger partial charge in [0.05, 0.1) is 0 Å². The van der Waals surface area contributed by atoms with E-state index in [0.29, 0.717) is 0 Å². The third-order valence-corrected chi connectivity index (χ3v) is 2.47. The number of hydrogen-bond acceptors (Lipinski definition) is 1. The van der Waals surface area contributed by atoms with Crippen molar-refractivity contribution in [1.82, 2.24) is 0 Å². The van der Waals surface area contributed by atoms with Crippen molar-refractivity contribution in [3.8, 4) is 0 Å². The van der Waals surface area contributed by atoms with Crippen molar-refractivity contribution >= 4 is 12.6 Å². The van der Waals surface area contributed by atoms with Crippen LogP contribution in [0.4, 0.5) is 0 Å². The molecule has 0 atom stereocenters. The first-order valence-electron chi connectivity index (χ1n) is 3.33. The van der Waals surface area contributed by atoms with E-state index >= 15 is 0 Å². The van der Waals surface area contributed by atoms with Crippen molar-refractivity contribution in [1.29, 1.82) is 0 Å². The zero-order valence-corrected chi connectivity index (χ0v) is 6.54. The molecule has 1 fully saturated rings. The van der Waals surface area contributed by atoms with Crippen LogP contribution in [0.5, 0.6) is 0 Å². The Hall–Kier alpha value is 0.350. The molecule has 0 N–H and O–H groups in total. The third kappa shape index (κ3) is 1.19. The first-order valence-corrected chi connectivity index (χ1v) is 3.78. The Morgan fingerprint density at radius 1 is 1.38 bits per heavy atom. The Labute approximate surface area is 57.1 Å². The molecule has 0 aromatic rings. The van der Waals surface area contributed by atoms with Crippen LogP contribution in [-0.2, 0) is 0 Å². The largest absolute Gasteiger partial charge is 0.173 e. The molecule has 48 valence electrons. The van der Waals surface area contributed by atoms with Gasteiger partial charge < -0.3 is 0 Å². The van der Waals surface area contributed by atoms with Crippen molar-refractivity contribution in [3.05, 3.63) is 0 Å². The molecule has 1 heteroatoms. The lowest BCUT2D eigenvalue weighted by Gasteiger charge is -2.36. The minimum Gasteiger partial charge on any atom is -0.173 e. The van der Waals surface area contributed by atoms with Crippen molar-refractivity contribution < 1.29 is 0 Å². The van der Waals surface area contributed by atoms with Gasteiger partial charge in [0.15, 0.2) is 0 Å². The maximum absolute atomic E-state index is 4.48. The second kappa shape index (κ2) is 1.94. The zero-order valence-electron chi connectivity index (χ0n) is 5.65. The van der Waals surface area contributed by atoms with Crippen LogP contribution in [-0.4, -0.2) is 4.75 Å². The molecule has 0 unspecified atom stereocenters. The van der Waals surface area contributed by atoms with Gasteiger partial charge in [-0.1, -0.05) is 20.3 Å². The van der Waals surface area contributed by atoms with E-state index in [9.17, 15) is 0 Å². The van der Waals surface area contributed by atoms with Gasteiger partial charge in [-0.15, -0.1) is 0 Å². The Balaban J connectivity index is 2.34. The molecular weight excluding hydrogens is 116 g/mol. The molecule has 0 aliphatic heterocycles. The quantitative estimate of drug-likeness (QED) is 0.518. The SMILES string of the molecule is CC(C)(S)C1CCC1. The summed E-state index contributed by atoms with van der Waals surface area (Å²) in [7, 11) is 0. The average Bonchev–Trinajstić information content (AvgIpc) is 1.16. The highest BCUT2D eigenvalue weighted by atomic mass is 32.1. The second-order valence-corrected chi connectivity index (χ2v) is 4.43. The fourth-order valence-electron chi connectivity index (χ4n) is 1.11. The molecular formula is C7H14S. The maximum Gasteiger partial charge on any atom is 0.0101 e. The monoisotopic (exact) mass is 130 g/mol. The van der Waals surface area contributed by atoms with Gasteiger partial charge in [0.1, 0.15) is 0 Å². The van der Waals surface area contributed by atoms with E-state index in [1.807, 2.05) is 0 Å². The van der Waals surface area contributed by atoms with Crippen LogP contribution in [0.2, 0.25) is 0 Å². The molecule has 0 bridgehead atoms. The minimum absolute atomic E-state index is 0.290. The summed E-state index contributed by atoms with van der Waals surface area (Å²) >= 11 is 4.48. The summed E-state index contributed by atoms with van der Waals surface area (Å²) in [5.41, 5.74) is 0. The Kier molecular flexibility index (Phi) is 1.57. The summed E-state index contributed by atoms with van der Waals surface area (Å²) in [6.45, 7) is 4.42. The van der Waals surface area contributed by atoms with Gasteiger partial charge in [0.2, 0.25) is 0 Å². The van der Waals surface area contributed by atoms with Gasteiger partial charge in [-0.05, 0) is 18.8 Å². The van der Waals surface area contributed by atoms with Crippen LogP contribution in [0.15, 0.2) is 0 Å². The van der Waals surface area contributed by atoms with E-state index < -0.39 is 0 Å². The highest BCUT2D eigenvalue weighted by molar-refractivity contribution is 7.81. The summed E-state index contributed by atoms with van der Waals surface area (Å²) in [6, 6.07) is 0. The van der Waals surface area contributed by atoms with Crippen LogP contribution in [0.3, 0.4) is 0 Å². The topological polar surface area (TPSA) is 0 Å². The highest BCUT2D eigenvalue weighted by Gasteiger charge is 2.30. The molecule has 1 saturated carbocycles. The molecule has 0 heterocycles. The van der Waals surface area contributed by atoms with Gasteiger partial charge in [0.25, 0.3) is 0 Å². The summed E-state index contributed by atoms with van der Waals surface area (Å²) in [6.07, 6.45) is 4.22. The summed E-state index contributed by atoms with van der Waals surface area (Å²) < 4.78 is 0.290. The molecule has 0 aromatic carbocycles.